The van der Waals surface area contributed by atoms with Crippen LogP contribution in [0.25, 0.3) is 0 Å². The number of anilines is 1. The van der Waals surface area contributed by atoms with E-state index >= 15 is 0 Å². The Kier molecular flexibility index (Phi) is 5.89. The largest absolute Gasteiger partial charge is 0.354 e. The van der Waals surface area contributed by atoms with E-state index in [0.29, 0.717) is 18.2 Å². The number of carbonyl (C=O) groups excluding carboxylic acids is 1. The Bertz CT molecular complexity index is 742. The lowest BCUT2D eigenvalue weighted by atomic mass is 9.94. The molecule has 0 spiro atoms. The molecule has 2 aromatic rings. The van der Waals surface area contributed by atoms with Crippen molar-refractivity contribution in [3.8, 4) is 0 Å². The first kappa shape index (κ1) is 18.4. The van der Waals surface area contributed by atoms with Crippen molar-refractivity contribution in [2.24, 2.45) is 0 Å². The number of pyridine rings is 1. The summed E-state index contributed by atoms with van der Waals surface area (Å²) in [7, 11) is 0. The predicted octanol–water partition coefficient (Wildman–Crippen LogP) is 2.93. The molecule has 1 aliphatic rings. The van der Waals surface area contributed by atoms with E-state index in [2.05, 4.69) is 65.6 Å². The van der Waals surface area contributed by atoms with E-state index < -0.39 is 0 Å². The van der Waals surface area contributed by atoms with Crippen LogP contribution < -0.4 is 15.5 Å². The Hall–Kier alpha value is -2.40. The summed E-state index contributed by atoms with van der Waals surface area (Å²) in [5.74, 6) is 0.823. The quantitative estimate of drug-likeness (QED) is 0.839. The molecule has 1 amide bonds. The van der Waals surface area contributed by atoms with Gasteiger partial charge < -0.3 is 15.5 Å². The maximum absolute atomic E-state index is 12.5. The van der Waals surface area contributed by atoms with Crippen LogP contribution in [0.15, 0.2) is 42.6 Å². The average molecular weight is 352 g/mol. The molecule has 2 N–H and O–H groups in total. The number of rotatable bonds is 6. The molecule has 5 heteroatoms. The van der Waals surface area contributed by atoms with Gasteiger partial charge in [0.2, 0.25) is 0 Å². The van der Waals surface area contributed by atoms with Crippen molar-refractivity contribution < 1.29 is 4.79 Å². The molecule has 1 aromatic carbocycles. The van der Waals surface area contributed by atoms with Crippen molar-refractivity contribution in [1.82, 2.24) is 15.6 Å². The molecule has 26 heavy (non-hydrogen) atoms. The van der Waals surface area contributed by atoms with Crippen molar-refractivity contribution >= 4 is 11.7 Å². The number of fused-ring (bicyclic) bond motifs is 1. The van der Waals surface area contributed by atoms with Crippen molar-refractivity contribution in [1.29, 1.82) is 0 Å². The SMILES string of the molecule is CCN(c1ccc(C(=O)NCC2NCCc3ccccc32)cn1)C(C)C. The van der Waals surface area contributed by atoms with Gasteiger partial charge in [-0.15, -0.1) is 0 Å². The van der Waals surface area contributed by atoms with Crippen LogP contribution >= 0.6 is 0 Å². The van der Waals surface area contributed by atoms with E-state index in [4.69, 9.17) is 0 Å². The van der Waals surface area contributed by atoms with Crippen LogP contribution in [-0.4, -0.2) is 36.6 Å². The lowest BCUT2D eigenvalue weighted by Crippen LogP contribution is -2.38. The van der Waals surface area contributed by atoms with Crippen molar-refractivity contribution in [2.45, 2.75) is 39.3 Å². The first-order valence-corrected chi connectivity index (χ1v) is 9.42. The number of aromatic nitrogens is 1. The second kappa shape index (κ2) is 8.32. The lowest BCUT2D eigenvalue weighted by Gasteiger charge is -2.27. The fourth-order valence-electron chi connectivity index (χ4n) is 3.55. The standard InChI is InChI=1S/C21H28N4O/c1-4-25(15(2)3)20-10-9-17(13-23-20)21(26)24-14-19-18-8-6-5-7-16(18)11-12-22-19/h5-10,13,15,19,22H,4,11-12,14H2,1-3H3,(H,24,26). The maximum atomic E-state index is 12.5. The molecular formula is C21H28N4O. The third kappa shape index (κ3) is 4.05. The highest BCUT2D eigenvalue weighted by atomic mass is 16.1. The van der Waals surface area contributed by atoms with Gasteiger partial charge in [0.15, 0.2) is 0 Å². The molecule has 1 unspecified atom stereocenters. The maximum Gasteiger partial charge on any atom is 0.252 e. The Morgan fingerprint density at radius 1 is 1.31 bits per heavy atom. The van der Waals surface area contributed by atoms with Gasteiger partial charge in [-0.2, -0.15) is 0 Å². The molecule has 0 fully saturated rings. The first-order valence-electron chi connectivity index (χ1n) is 9.42. The minimum absolute atomic E-state index is 0.0819. The summed E-state index contributed by atoms with van der Waals surface area (Å²) in [6.45, 7) is 8.79. The molecule has 5 nitrogen and oxygen atoms in total. The highest BCUT2D eigenvalue weighted by Crippen LogP contribution is 2.22. The molecule has 1 aliphatic heterocycles. The third-order valence-corrected chi connectivity index (χ3v) is 4.95. The van der Waals surface area contributed by atoms with Crippen LogP contribution in [0.4, 0.5) is 5.82 Å². The van der Waals surface area contributed by atoms with E-state index in [1.54, 1.807) is 6.20 Å². The van der Waals surface area contributed by atoms with E-state index in [1.807, 2.05) is 12.1 Å². The number of benzene rings is 1. The predicted molar refractivity (Wildman–Crippen MR) is 106 cm³/mol. The van der Waals surface area contributed by atoms with Crippen molar-refractivity contribution in [3.05, 3.63) is 59.3 Å². The number of hydrogen-bond acceptors (Lipinski definition) is 4. The van der Waals surface area contributed by atoms with Crippen molar-refractivity contribution in [3.63, 3.8) is 0 Å². The van der Waals surface area contributed by atoms with E-state index in [0.717, 1.165) is 25.3 Å². The summed E-state index contributed by atoms with van der Waals surface area (Å²) in [4.78, 5) is 19.2. The van der Waals surface area contributed by atoms with Gasteiger partial charge in [0.25, 0.3) is 5.91 Å². The first-order chi connectivity index (χ1) is 12.6. The number of nitrogens with zero attached hydrogens (tertiary/aromatic N) is 2. The van der Waals surface area contributed by atoms with E-state index in [-0.39, 0.29) is 11.9 Å². The number of nitrogens with one attached hydrogen (secondary N) is 2. The highest BCUT2D eigenvalue weighted by Gasteiger charge is 2.20. The van der Waals surface area contributed by atoms with E-state index in [9.17, 15) is 4.79 Å². The van der Waals surface area contributed by atoms with Crippen LogP contribution in [0.1, 0.15) is 48.3 Å². The summed E-state index contributed by atoms with van der Waals surface area (Å²) >= 11 is 0. The monoisotopic (exact) mass is 352 g/mol. The molecular weight excluding hydrogens is 324 g/mol. The molecule has 1 atom stereocenters. The zero-order valence-corrected chi connectivity index (χ0v) is 15.8. The number of amides is 1. The van der Waals surface area contributed by atoms with Gasteiger partial charge in [-0.1, -0.05) is 24.3 Å². The molecule has 0 saturated heterocycles. The Labute approximate surface area is 155 Å². The topological polar surface area (TPSA) is 57.3 Å². The fraction of sp³-hybridized carbons (Fsp3) is 0.429. The average Bonchev–Trinajstić information content (AvgIpc) is 2.67. The Morgan fingerprint density at radius 3 is 2.81 bits per heavy atom. The molecule has 0 radical (unpaired) electrons. The van der Waals surface area contributed by atoms with Gasteiger partial charge in [0, 0.05) is 31.4 Å². The van der Waals surface area contributed by atoms with Gasteiger partial charge in [0.05, 0.1) is 5.56 Å². The summed E-state index contributed by atoms with van der Waals surface area (Å²) in [5, 5.41) is 6.53. The van der Waals surface area contributed by atoms with Gasteiger partial charge in [0.1, 0.15) is 5.82 Å². The minimum atomic E-state index is -0.0819. The second-order valence-electron chi connectivity index (χ2n) is 6.95. The molecule has 0 aliphatic carbocycles. The zero-order chi connectivity index (χ0) is 18.5. The molecule has 0 bridgehead atoms. The van der Waals surface area contributed by atoms with Crippen molar-refractivity contribution in [2.75, 3.05) is 24.5 Å². The second-order valence-corrected chi connectivity index (χ2v) is 6.95. The summed E-state index contributed by atoms with van der Waals surface area (Å²) in [5.41, 5.74) is 3.24. The Morgan fingerprint density at radius 2 is 2.12 bits per heavy atom. The lowest BCUT2D eigenvalue weighted by molar-refractivity contribution is 0.0949. The van der Waals surface area contributed by atoms with Crippen LogP contribution in [0.3, 0.4) is 0 Å². The zero-order valence-electron chi connectivity index (χ0n) is 15.8. The van der Waals surface area contributed by atoms with E-state index in [1.165, 1.54) is 11.1 Å². The molecule has 1 aromatic heterocycles. The van der Waals surface area contributed by atoms with Gasteiger partial charge in [-0.3, -0.25) is 4.79 Å². The van der Waals surface area contributed by atoms with Crippen LogP contribution in [0.2, 0.25) is 0 Å². The van der Waals surface area contributed by atoms with Crippen LogP contribution in [0, 0.1) is 0 Å². The van der Waals surface area contributed by atoms with Gasteiger partial charge >= 0.3 is 0 Å². The third-order valence-electron chi connectivity index (χ3n) is 4.95. The fourth-order valence-corrected chi connectivity index (χ4v) is 3.55. The van der Waals surface area contributed by atoms with Crippen LogP contribution in [0.5, 0.6) is 0 Å². The summed E-state index contributed by atoms with van der Waals surface area (Å²) in [6.07, 6.45) is 2.70. The summed E-state index contributed by atoms with van der Waals surface area (Å²) < 4.78 is 0. The van der Waals surface area contributed by atoms with Gasteiger partial charge in [-0.25, -0.2) is 4.98 Å². The molecule has 2 heterocycles. The number of carbonyl (C=O) groups is 1. The van der Waals surface area contributed by atoms with Crippen LogP contribution in [-0.2, 0) is 6.42 Å². The van der Waals surface area contributed by atoms with Gasteiger partial charge in [-0.05, 0) is 57.0 Å². The highest BCUT2D eigenvalue weighted by molar-refractivity contribution is 5.94. The molecule has 138 valence electrons. The summed E-state index contributed by atoms with van der Waals surface area (Å²) in [6, 6.07) is 12.7. The normalized spacial score (nSPS) is 16.2. The minimum Gasteiger partial charge on any atom is -0.354 e. The molecule has 3 rings (SSSR count). The number of hydrogen-bond donors (Lipinski definition) is 2. The molecule has 0 saturated carbocycles. The Balaban J connectivity index is 1.62. The smallest absolute Gasteiger partial charge is 0.252 e.